The average molecular weight is 336 g/mol. The topological polar surface area (TPSA) is 73.1 Å². The number of fused-ring (bicyclic) bond motifs is 1. The molecule has 3 aromatic rings. The Labute approximate surface area is 144 Å². The second kappa shape index (κ2) is 7.51. The van der Waals surface area contributed by atoms with Gasteiger partial charge in [0.15, 0.2) is 0 Å². The van der Waals surface area contributed by atoms with Crippen molar-refractivity contribution in [2.45, 2.75) is 6.61 Å². The summed E-state index contributed by atoms with van der Waals surface area (Å²) in [5.41, 5.74) is 2.81. The number of hydrogen-bond acceptors (Lipinski definition) is 4. The molecule has 6 nitrogen and oxygen atoms in total. The lowest BCUT2D eigenvalue weighted by Crippen LogP contribution is -2.07. The van der Waals surface area contributed by atoms with Crippen molar-refractivity contribution in [2.75, 3.05) is 13.7 Å². The predicted octanol–water partition coefficient (Wildman–Crippen LogP) is 2.34. The lowest BCUT2D eigenvalue weighted by atomic mass is 10.2. The highest BCUT2D eigenvalue weighted by atomic mass is 16.5. The van der Waals surface area contributed by atoms with Gasteiger partial charge in [0.25, 0.3) is 0 Å². The van der Waals surface area contributed by atoms with Crippen molar-refractivity contribution < 1.29 is 19.4 Å². The normalized spacial score (nSPS) is 10.3. The molecule has 126 valence electrons. The Balaban J connectivity index is 1.96. The summed E-state index contributed by atoms with van der Waals surface area (Å²) in [6.45, 7) is -0.299. The summed E-state index contributed by atoms with van der Waals surface area (Å²) in [5.74, 6) is 5.91. The standard InChI is InChI=1S/C19H16N2O4/c1-24-15-6-4-5-14(11-15)8-9-17-16(12-25-13-19(22)23)20-18-7-2-3-10-21(17)18/h2-7,10-11H,12-13H2,1H3,(H,22,23). The van der Waals surface area contributed by atoms with E-state index < -0.39 is 5.97 Å². The quantitative estimate of drug-likeness (QED) is 0.724. The van der Waals surface area contributed by atoms with Gasteiger partial charge in [0.05, 0.1) is 13.7 Å². The number of hydrogen-bond donors (Lipinski definition) is 1. The molecule has 0 aliphatic carbocycles. The Morgan fingerprint density at radius 2 is 2.12 bits per heavy atom. The zero-order chi connectivity index (χ0) is 17.6. The van der Waals surface area contributed by atoms with Crippen LogP contribution >= 0.6 is 0 Å². The average Bonchev–Trinajstić information content (AvgIpc) is 2.97. The Kier molecular flexibility index (Phi) is 4.97. The number of carboxylic acid groups (broad SMARTS) is 1. The van der Waals surface area contributed by atoms with E-state index in [0.29, 0.717) is 11.4 Å². The molecular weight excluding hydrogens is 320 g/mol. The number of aromatic nitrogens is 2. The molecule has 0 saturated heterocycles. The smallest absolute Gasteiger partial charge is 0.329 e. The molecule has 0 saturated carbocycles. The van der Waals surface area contributed by atoms with Crippen molar-refractivity contribution in [1.82, 2.24) is 9.38 Å². The molecule has 0 spiro atoms. The van der Waals surface area contributed by atoms with E-state index in [-0.39, 0.29) is 13.2 Å². The minimum Gasteiger partial charge on any atom is -0.497 e. The van der Waals surface area contributed by atoms with E-state index in [1.165, 1.54) is 0 Å². The molecule has 0 amide bonds. The zero-order valence-corrected chi connectivity index (χ0v) is 13.6. The van der Waals surface area contributed by atoms with Gasteiger partial charge in [-0.05, 0) is 36.3 Å². The number of benzene rings is 1. The Morgan fingerprint density at radius 1 is 1.24 bits per heavy atom. The van der Waals surface area contributed by atoms with Gasteiger partial charge in [-0.15, -0.1) is 0 Å². The molecule has 1 aromatic carbocycles. The summed E-state index contributed by atoms with van der Waals surface area (Å²) in [4.78, 5) is 15.1. The maximum absolute atomic E-state index is 10.6. The molecule has 6 heteroatoms. The van der Waals surface area contributed by atoms with Crippen LogP contribution in [0.15, 0.2) is 48.7 Å². The number of carboxylic acids is 1. The van der Waals surface area contributed by atoms with Gasteiger partial charge < -0.3 is 14.6 Å². The Bertz CT molecular complexity index is 966. The number of pyridine rings is 1. The second-order valence-corrected chi connectivity index (χ2v) is 5.20. The molecule has 0 atom stereocenters. The van der Waals surface area contributed by atoms with Gasteiger partial charge in [-0.1, -0.05) is 18.1 Å². The van der Waals surface area contributed by atoms with Crippen molar-refractivity contribution in [2.24, 2.45) is 0 Å². The molecule has 3 rings (SSSR count). The van der Waals surface area contributed by atoms with Gasteiger partial charge in [0.1, 0.15) is 29.4 Å². The summed E-state index contributed by atoms with van der Waals surface area (Å²) in [6, 6.07) is 13.1. The van der Waals surface area contributed by atoms with Crippen LogP contribution in [0.3, 0.4) is 0 Å². The van der Waals surface area contributed by atoms with Crippen molar-refractivity contribution in [3.05, 3.63) is 65.6 Å². The molecular formula is C19H16N2O4. The third kappa shape index (κ3) is 3.97. The van der Waals surface area contributed by atoms with Crippen LogP contribution in [0.2, 0.25) is 0 Å². The van der Waals surface area contributed by atoms with Gasteiger partial charge in [-0.25, -0.2) is 9.78 Å². The van der Waals surface area contributed by atoms with Crippen LogP contribution in [-0.4, -0.2) is 34.2 Å². The van der Waals surface area contributed by atoms with Crippen molar-refractivity contribution in [3.8, 4) is 17.6 Å². The van der Waals surface area contributed by atoms with E-state index in [9.17, 15) is 4.79 Å². The molecule has 1 N–H and O–H groups in total. The van der Waals surface area contributed by atoms with E-state index in [4.69, 9.17) is 14.6 Å². The van der Waals surface area contributed by atoms with E-state index in [2.05, 4.69) is 16.8 Å². The van der Waals surface area contributed by atoms with Gasteiger partial charge in [0.2, 0.25) is 0 Å². The predicted molar refractivity (Wildman–Crippen MR) is 91.5 cm³/mol. The maximum Gasteiger partial charge on any atom is 0.329 e. The highest BCUT2D eigenvalue weighted by Crippen LogP contribution is 2.14. The summed E-state index contributed by atoms with van der Waals surface area (Å²) >= 11 is 0. The SMILES string of the molecule is COc1cccc(C#Cc2c(COCC(=O)O)nc3ccccn23)c1. The first-order valence-corrected chi connectivity index (χ1v) is 7.59. The van der Waals surface area contributed by atoms with Crippen LogP contribution in [0.25, 0.3) is 5.65 Å². The number of nitrogens with zero attached hydrogens (tertiary/aromatic N) is 2. The first-order valence-electron chi connectivity index (χ1n) is 7.59. The van der Waals surface area contributed by atoms with Gasteiger partial charge in [0, 0.05) is 11.8 Å². The monoisotopic (exact) mass is 336 g/mol. The molecule has 0 aliphatic heterocycles. The summed E-state index contributed by atoms with van der Waals surface area (Å²) in [5, 5.41) is 8.71. The molecule has 0 aliphatic rings. The fraction of sp³-hybridized carbons (Fsp3) is 0.158. The number of aliphatic carboxylic acids is 1. The third-order valence-corrected chi connectivity index (χ3v) is 3.46. The molecule has 0 radical (unpaired) electrons. The largest absolute Gasteiger partial charge is 0.497 e. The van der Waals surface area contributed by atoms with Crippen LogP contribution in [0.1, 0.15) is 17.0 Å². The van der Waals surface area contributed by atoms with Crippen LogP contribution in [0, 0.1) is 11.8 Å². The van der Waals surface area contributed by atoms with Crippen LogP contribution in [-0.2, 0) is 16.1 Å². The van der Waals surface area contributed by atoms with E-state index in [0.717, 1.165) is 17.0 Å². The van der Waals surface area contributed by atoms with E-state index in [1.807, 2.05) is 53.1 Å². The van der Waals surface area contributed by atoms with Crippen molar-refractivity contribution in [1.29, 1.82) is 0 Å². The summed E-state index contributed by atoms with van der Waals surface area (Å²) in [6.07, 6.45) is 1.86. The van der Waals surface area contributed by atoms with Crippen molar-refractivity contribution >= 4 is 11.6 Å². The number of imidazole rings is 1. The fourth-order valence-corrected chi connectivity index (χ4v) is 2.34. The Hall–Kier alpha value is -3.30. The minimum atomic E-state index is -1.02. The van der Waals surface area contributed by atoms with E-state index in [1.54, 1.807) is 7.11 Å². The summed E-state index contributed by atoms with van der Waals surface area (Å²) < 4.78 is 12.2. The molecule has 0 fully saturated rings. The number of rotatable bonds is 5. The lowest BCUT2D eigenvalue weighted by molar-refractivity contribution is -0.142. The van der Waals surface area contributed by atoms with Gasteiger partial charge in [-0.3, -0.25) is 4.40 Å². The lowest BCUT2D eigenvalue weighted by Gasteiger charge is -2.00. The first kappa shape index (κ1) is 16.6. The number of ether oxygens (including phenoxy) is 2. The van der Waals surface area contributed by atoms with Gasteiger partial charge in [-0.2, -0.15) is 0 Å². The van der Waals surface area contributed by atoms with Crippen LogP contribution in [0.4, 0.5) is 0 Å². The number of methoxy groups -OCH3 is 1. The minimum absolute atomic E-state index is 0.0795. The Morgan fingerprint density at radius 3 is 2.92 bits per heavy atom. The van der Waals surface area contributed by atoms with Crippen LogP contribution in [0.5, 0.6) is 5.75 Å². The summed E-state index contributed by atoms with van der Waals surface area (Å²) in [7, 11) is 1.61. The molecule has 2 heterocycles. The zero-order valence-electron chi connectivity index (χ0n) is 13.6. The number of carbonyl (C=O) groups is 1. The first-order chi connectivity index (χ1) is 12.2. The molecule has 2 aromatic heterocycles. The molecule has 0 bridgehead atoms. The van der Waals surface area contributed by atoms with Crippen LogP contribution < -0.4 is 4.74 Å². The third-order valence-electron chi connectivity index (χ3n) is 3.46. The maximum atomic E-state index is 10.6. The fourth-order valence-electron chi connectivity index (χ4n) is 2.34. The van der Waals surface area contributed by atoms with Gasteiger partial charge >= 0.3 is 5.97 Å². The highest BCUT2D eigenvalue weighted by molar-refractivity contribution is 5.68. The molecule has 25 heavy (non-hydrogen) atoms. The second-order valence-electron chi connectivity index (χ2n) is 5.20. The van der Waals surface area contributed by atoms with E-state index >= 15 is 0 Å². The highest BCUT2D eigenvalue weighted by Gasteiger charge is 2.11. The molecule has 0 unspecified atom stereocenters. The van der Waals surface area contributed by atoms with Crippen molar-refractivity contribution in [3.63, 3.8) is 0 Å².